The first-order valence-corrected chi connectivity index (χ1v) is 10.9. The van der Waals surface area contributed by atoms with Gasteiger partial charge >= 0.3 is 0 Å². The number of amides is 1. The Hall–Kier alpha value is -2.19. The molecule has 2 aromatic rings. The second-order valence-corrected chi connectivity index (χ2v) is 8.22. The van der Waals surface area contributed by atoms with E-state index in [0.717, 1.165) is 51.3 Å². The average molecular weight is 446 g/mol. The van der Waals surface area contributed by atoms with Crippen LogP contribution in [0.2, 0.25) is 0 Å². The Morgan fingerprint density at radius 1 is 1.23 bits per heavy atom. The van der Waals surface area contributed by atoms with Crippen molar-refractivity contribution in [3.8, 4) is 0 Å². The quantitative estimate of drug-likeness (QED) is 0.520. The highest BCUT2D eigenvalue weighted by Gasteiger charge is 2.19. The minimum absolute atomic E-state index is 0. The molecule has 2 aliphatic rings. The average Bonchev–Trinajstić information content (AvgIpc) is 2.78. The van der Waals surface area contributed by atoms with Gasteiger partial charge in [-0.15, -0.1) is 12.4 Å². The number of aliphatic hydroxyl groups is 1. The van der Waals surface area contributed by atoms with Crippen LogP contribution in [0, 0.1) is 0 Å². The number of aromatic nitrogens is 1. The van der Waals surface area contributed by atoms with E-state index in [1.807, 2.05) is 0 Å². The number of nitrogens with zero attached hydrogens (tertiary/aromatic N) is 2. The van der Waals surface area contributed by atoms with Crippen molar-refractivity contribution in [2.75, 3.05) is 38.0 Å². The molecule has 0 spiro atoms. The van der Waals surface area contributed by atoms with E-state index < -0.39 is 6.10 Å². The zero-order chi connectivity index (χ0) is 20.8. The number of carbonyl (C=O) groups excluding carboxylic acids is 1. The Morgan fingerprint density at radius 2 is 2.00 bits per heavy atom. The molecule has 1 aromatic carbocycles. The lowest BCUT2D eigenvalue weighted by atomic mass is 10.00. The van der Waals surface area contributed by atoms with Crippen molar-refractivity contribution in [3.63, 3.8) is 0 Å². The summed E-state index contributed by atoms with van der Waals surface area (Å²) in [7, 11) is 0. The van der Waals surface area contributed by atoms with Crippen LogP contribution in [0.25, 0.3) is 0 Å². The molecule has 3 heterocycles. The maximum atomic E-state index is 12.5. The lowest BCUT2D eigenvalue weighted by molar-refractivity contribution is 0.0842. The Bertz CT molecular complexity index is 859. The van der Waals surface area contributed by atoms with E-state index in [0.29, 0.717) is 18.2 Å². The number of aliphatic hydroxyl groups excluding tert-OH is 1. The van der Waals surface area contributed by atoms with Gasteiger partial charge < -0.3 is 21.1 Å². The predicted molar refractivity (Wildman–Crippen MR) is 125 cm³/mol. The van der Waals surface area contributed by atoms with Crippen LogP contribution in [0.4, 0.5) is 5.82 Å². The molecule has 7 nitrogen and oxygen atoms in total. The predicted octanol–water partition coefficient (Wildman–Crippen LogP) is 1.82. The zero-order valence-corrected chi connectivity index (χ0v) is 18.5. The summed E-state index contributed by atoms with van der Waals surface area (Å²) >= 11 is 0. The van der Waals surface area contributed by atoms with Gasteiger partial charge in [0.15, 0.2) is 0 Å². The van der Waals surface area contributed by atoms with Gasteiger partial charge in [0.05, 0.1) is 6.10 Å². The minimum atomic E-state index is -0.603. The Morgan fingerprint density at radius 3 is 2.81 bits per heavy atom. The number of hydrogen-bond acceptors (Lipinski definition) is 6. The van der Waals surface area contributed by atoms with E-state index >= 15 is 0 Å². The number of pyridine rings is 1. The molecule has 0 saturated carbocycles. The van der Waals surface area contributed by atoms with E-state index in [2.05, 4.69) is 50.1 Å². The summed E-state index contributed by atoms with van der Waals surface area (Å²) in [5, 5.41) is 20.0. The van der Waals surface area contributed by atoms with Crippen LogP contribution in [0.3, 0.4) is 0 Å². The van der Waals surface area contributed by atoms with Gasteiger partial charge in [0, 0.05) is 44.0 Å². The van der Waals surface area contributed by atoms with Crippen LogP contribution in [0.5, 0.6) is 0 Å². The standard InChI is InChI=1S/C23H31N5O2.ClH/c29-21(16-28-12-8-17-3-1-2-4-19(17)15-28)14-26-23(30)18-5-11-25-22(13-18)27-20-6-9-24-10-7-20;/h1-5,11,13,20-21,24,29H,6-10,12,14-16H2,(H,25,27)(H,26,30);1H/t21-;/m0./s1. The Balaban J connectivity index is 0.00000272. The lowest BCUT2D eigenvalue weighted by Gasteiger charge is -2.30. The molecule has 168 valence electrons. The summed E-state index contributed by atoms with van der Waals surface area (Å²) in [4.78, 5) is 19.1. The largest absolute Gasteiger partial charge is 0.390 e. The van der Waals surface area contributed by atoms with E-state index in [9.17, 15) is 9.90 Å². The number of benzene rings is 1. The number of fused-ring (bicyclic) bond motifs is 1. The SMILES string of the molecule is Cl.O=C(NC[C@H](O)CN1CCc2ccccc2C1)c1ccnc(NC2CCNCC2)c1. The van der Waals surface area contributed by atoms with Crippen LogP contribution in [-0.4, -0.2) is 65.8 Å². The van der Waals surface area contributed by atoms with Crippen molar-refractivity contribution in [1.29, 1.82) is 0 Å². The molecule has 0 radical (unpaired) electrons. The topological polar surface area (TPSA) is 89.5 Å². The maximum Gasteiger partial charge on any atom is 0.251 e. The number of halogens is 1. The molecule has 1 aromatic heterocycles. The Kier molecular flexibility index (Phi) is 8.66. The normalized spacial score (nSPS) is 17.8. The molecule has 4 N–H and O–H groups in total. The van der Waals surface area contributed by atoms with Gasteiger partial charge in [-0.25, -0.2) is 4.98 Å². The first-order valence-electron chi connectivity index (χ1n) is 10.9. The third kappa shape index (κ3) is 6.64. The zero-order valence-electron chi connectivity index (χ0n) is 17.7. The van der Waals surface area contributed by atoms with Gasteiger partial charge in [-0.1, -0.05) is 24.3 Å². The number of piperidine rings is 1. The minimum Gasteiger partial charge on any atom is -0.390 e. The summed E-state index contributed by atoms with van der Waals surface area (Å²) in [6.45, 7) is 4.55. The molecule has 1 saturated heterocycles. The molecular weight excluding hydrogens is 414 g/mol. The van der Waals surface area contributed by atoms with Crippen molar-refractivity contribution in [3.05, 3.63) is 59.3 Å². The van der Waals surface area contributed by atoms with Crippen LogP contribution in [-0.2, 0) is 13.0 Å². The van der Waals surface area contributed by atoms with Gasteiger partial charge in [-0.05, 0) is 55.6 Å². The van der Waals surface area contributed by atoms with Crippen LogP contribution in [0.1, 0.15) is 34.3 Å². The third-order valence-electron chi connectivity index (χ3n) is 5.89. The van der Waals surface area contributed by atoms with Crippen molar-refractivity contribution in [1.82, 2.24) is 20.5 Å². The second-order valence-electron chi connectivity index (χ2n) is 8.22. The summed E-state index contributed by atoms with van der Waals surface area (Å²) in [5.41, 5.74) is 3.27. The van der Waals surface area contributed by atoms with Gasteiger partial charge in [-0.3, -0.25) is 9.69 Å². The maximum absolute atomic E-state index is 12.5. The molecule has 1 fully saturated rings. The number of rotatable bonds is 7. The first-order chi connectivity index (χ1) is 14.7. The molecule has 31 heavy (non-hydrogen) atoms. The lowest BCUT2D eigenvalue weighted by Crippen LogP contribution is -2.42. The summed E-state index contributed by atoms with van der Waals surface area (Å²) < 4.78 is 0. The van der Waals surface area contributed by atoms with E-state index in [-0.39, 0.29) is 24.9 Å². The number of anilines is 1. The van der Waals surface area contributed by atoms with Crippen molar-refractivity contribution >= 4 is 24.1 Å². The molecule has 2 aliphatic heterocycles. The fourth-order valence-corrected chi connectivity index (χ4v) is 4.21. The first kappa shape index (κ1) is 23.5. The molecule has 0 unspecified atom stereocenters. The van der Waals surface area contributed by atoms with Crippen molar-refractivity contribution < 1.29 is 9.90 Å². The van der Waals surface area contributed by atoms with E-state index in [1.165, 1.54) is 11.1 Å². The number of hydrogen-bond donors (Lipinski definition) is 4. The van der Waals surface area contributed by atoms with Crippen LogP contribution >= 0.6 is 12.4 Å². The molecule has 4 rings (SSSR count). The number of nitrogens with one attached hydrogen (secondary N) is 3. The van der Waals surface area contributed by atoms with Gasteiger partial charge in [0.25, 0.3) is 5.91 Å². The monoisotopic (exact) mass is 445 g/mol. The fourth-order valence-electron chi connectivity index (χ4n) is 4.21. The van der Waals surface area contributed by atoms with Gasteiger partial charge in [0.2, 0.25) is 0 Å². The van der Waals surface area contributed by atoms with Gasteiger partial charge in [-0.2, -0.15) is 0 Å². The van der Waals surface area contributed by atoms with Crippen LogP contribution < -0.4 is 16.0 Å². The number of β-amino-alcohol motifs (C(OH)–C–C–N with tert-alkyl or cyclic N) is 1. The molecule has 0 bridgehead atoms. The molecular formula is C23H32ClN5O2. The van der Waals surface area contributed by atoms with Crippen LogP contribution in [0.15, 0.2) is 42.6 Å². The highest BCUT2D eigenvalue weighted by molar-refractivity contribution is 5.94. The van der Waals surface area contributed by atoms with E-state index in [4.69, 9.17) is 0 Å². The smallest absolute Gasteiger partial charge is 0.251 e. The van der Waals surface area contributed by atoms with Gasteiger partial charge in [0.1, 0.15) is 5.82 Å². The van der Waals surface area contributed by atoms with E-state index in [1.54, 1.807) is 18.3 Å². The fraction of sp³-hybridized carbons (Fsp3) is 0.478. The molecule has 1 atom stereocenters. The summed E-state index contributed by atoms with van der Waals surface area (Å²) in [5.74, 6) is 0.538. The second kappa shape index (κ2) is 11.4. The molecule has 8 heteroatoms. The highest BCUT2D eigenvalue weighted by Crippen LogP contribution is 2.18. The Labute approximate surface area is 190 Å². The summed E-state index contributed by atoms with van der Waals surface area (Å²) in [6.07, 6.45) is 4.14. The van der Waals surface area contributed by atoms with Crippen molar-refractivity contribution in [2.24, 2.45) is 0 Å². The highest BCUT2D eigenvalue weighted by atomic mass is 35.5. The summed E-state index contributed by atoms with van der Waals surface area (Å²) in [6, 6.07) is 12.3. The number of carbonyl (C=O) groups is 1. The third-order valence-corrected chi connectivity index (χ3v) is 5.89. The molecule has 1 amide bonds. The van der Waals surface area contributed by atoms with Crippen molar-refractivity contribution in [2.45, 2.75) is 38.0 Å². The molecule has 0 aliphatic carbocycles.